The monoisotopic (exact) mass is 293 g/mol. The predicted octanol–water partition coefficient (Wildman–Crippen LogP) is 1.83. The summed E-state index contributed by atoms with van der Waals surface area (Å²) in [6, 6.07) is 7.63. The summed E-state index contributed by atoms with van der Waals surface area (Å²) in [5.41, 5.74) is 7.43. The highest BCUT2D eigenvalue weighted by Gasteiger charge is 2.08. The molecule has 0 aliphatic carbocycles. The van der Waals surface area contributed by atoms with E-state index in [0.29, 0.717) is 19.6 Å². The van der Waals surface area contributed by atoms with Crippen LogP contribution >= 0.6 is 0 Å². The smallest absolute Gasteiger partial charge is 0.225 e. The Labute approximate surface area is 127 Å². The highest BCUT2D eigenvalue weighted by Crippen LogP contribution is 2.14. The SMILES string of the molecule is CCOCCN(CC)CCC(=O)Nc1ccccc1CN. The van der Waals surface area contributed by atoms with Gasteiger partial charge in [0.2, 0.25) is 5.91 Å². The third-order valence-corrected chi connectivity index (χ3v) is 3.37. The molecule has 0 atom stereocenters. The number of hydrogen-bond acceptors (Lipinski definition) is 4. The molecule has 0 aromatic heterocycles. The van der Waals surface area contributed by atoms with Crippen molar-refractivity contribution < 1.29 is 9.53 Å². The maximum atomic E-state index is 12.0. The summed E-state index contributed by atoms with van der Waals surface area (Å²) in [5.74, 6) is 0.0192. The van der Waals surface area contributed by atoms with E-state index in [-0.39, 0.29) is 5.91 Å². The standard InChI is InChI=1S/C16H27N3O2/c1-3-19(11-12-21-4-2)10-9-16(20)18-15-8-6-5-7-14(15)13-17/h5-8H,3-4,9-13,17H2,1-2H3,(H,18,20). The van der Waals surface area contributed by atoms with Gasteiger partial charge in [-0.1, -0.05) is 25.1 Å². The normalized spacial score (nSPS) is 10.9. The van der Waals surface area contributed by atoms with Gasteiger partial charge in [-0.25, -0.2) is 0 Å². The van der Waals surface area contributed by atoms with Gasteiger partial charge in [0.1, 0.15) is 0 Å². The average molecular weight is 293 g/mol. The molecular formula is C16H27N3O2. The summed E-state index contributed by atoms with van der Waals surface area (Å²) >= 11 is 0. The van der Waals surface area contributed by atoms with Gasteiger partial charge in [0.05, 0.1) is 6.61 Å². The molecule has 1 aromatic rings. The first-order chi connectivity index (χ1) is 10.2. The first kappa shape index (κ1) is 17.6. The summed E-state index contributed by atoms with van der Waals surface area (Å²) in [6.45, 7) is 8.45. The quantitative estimate of drug-likeness (QED) is 0.646. The second kappa shape index (κ2) is 10.3. The van der Waals surface area contributed by atoms with Crippen LogP contribution in [0.15, 0.2) is 24.3 Å². The zero-order valence-corrected chi connectivity index (χ0v) is 13.1. The molecule has 0 fully saturated rings. The van der Waals surface area contributed by atoms with Gasteiger partial charge in [-0.2, -0.15) is 0 Å². The zero-order valence-electron chi connectivity index (χ0n) is 13.1. The number of nitrogens with zero attached hydrogens (tertiary/aromatic N) is 1. The number of amides is 1. The fraction of sp³-hybridized carbons (Fsp3) is 0.562. The number of likely N-dealkylation sites (N-methyl/N-ethyl adjacent to an activating group) is 1. The van der Waals surface area contributed by atoms with E-state index in [1.54, 1.807) is 0 Å². The summed E-state index contributed by atoms with van der Waals surface area (Å²) in [4.78, 5) is 14.2. The molecule has 0 saturated carbocycles. The largest absolute Gasteiger partial charge is 0.380 e. The van der Waals surface area contributed by atoms with Crippen molar-refractivity contribution >= 4 is 11.6 Å². The molecule has 1 aromatic carbocycles. The van der Waals surface area contributed by atoms with Crippen LogP contribution in [0.4, 0.5) is 5.69 Å². The van der Waals surface area contributed by atoms with E-state index in [1.807, 2.05) is 31.2 Å². The van der Waals surface area contributed by atoms with Gasteiger partial charge in [0.25, 0.3) is 0 Å². The molecule has 0 bridgehead atoms. The molecule has 0 saturated heterocycles. The van der Waals surface area contributed by atoms with Crippen molar-refractivity contribution in [2.75, 3.05) is 38.2 Å². The molecule has 0 heterocycles. The Balaban J connectivity index is 2.38. The van der Waals surface area contributed by atoms with Crippen molar-refractivity contribution in [2.45, 2.75) is 26.8 Å². The Hall–Kier alpha value is -1.43. The number of benzene rings is 1. The van der Waals surface area contributed by atoms with Crippen LogP contribution in [-0.2, 0) is 16.1 Å². The first-order valence-electron chi connectivity index (χ1n) is 7.59. The molecule has 0 aliphatic rings. The molecule has 1 amide bonds. The molecule has 0 unspecified atom stereocenters. The molecule has 1 rings (SSSR count). The van der Waals surface area contributed by atoms with E-state index in [2.05, 4.69) is 17.1 Å². The fourth-order valence-electron chi connectivity index (χ4n) is 2.06. The van der Waals surface area contributed by atoms with Crippen molar-refractivity contribution in [1.29, 1.82) is 0 Å². The highest BCUT2D eigenvalue weighted by atomic mass is 16.5. The summed E-state index contributed by atoms with van der Waals surface area (Å²) in [7, 11) is 0. The van der Waals surface area contributed by atoms with E-state index in [1.165, 1.54) is 0 Å². The number of nitrogens with one attached hydrogen (secondary N) is 1. The van der Waals surface area contributed by atoms with E-state index in [4.69, 9.17) is 10.5 Å². The second-order valence-electron chi connectivity index (χ2n) is 4.79. The Bertz CT molecular complexity index is 424. The number of rotatable bonds is 10. The number of ether oxygens (including phenoxy) is 1. The van der Waals surface area contributed by atoms with Gasteiger partial charge in [-0.3, -0.25) is 4.79 Å². The van der Waals surface area contributed by atoms with Crippen LogP contribution in [0.25, 0.3) is 0 Å². The maximum absolute atomic E-state index is 12.0. The van der Waals surface area contributed by atoms with Crippen LogP contribution in [0.1, 0.15) is 25.8 Å². The average Bonchev–Trinajstić information content (AvgIpc) is 2.51. The number of anilines is 1. The Morgan fingerprint density at radius 1 is 1.29 bits per heavy atom. The predicted molar refractivity (Wildman–Crippen MR) is 86.2 cm³/mol. The molecule has 118 valence electrons. The van der Waals surface area contributed by atoms with Crippen molar-refractivity contribution in [2.24, 2.45) is 5.73 Å². The van der Waals surface area contributed by atoms with Crippen molar-refractivity contribution in [3.63, 3.8) is 0 Å². The minimum atomic E-state index is 0.0192. The van der Waals surface area contributed by atoms with Crippen molar-refractivity contribution in [3.8, 4) is 0 Å². The highest BCUT2D eigenvalue weighted by molar-refractivity contribution is 5.91. The molecule has 0 aliphatic heterocycles. The topological polar surface area (TPSA) is 67.6 Å². The Kier molecular flexibility index (Phi) is 8.66. The lowest BCUT2D eigenvalue weighted by Crippen LogP contribution is -2.31. The van der Waals surface area contributed by atoms with Crippen molar-refractivity contribution in [1.82, 2.24) is 4.90 Å². The van der Waals surface area contributed by atoms with Crippen LogP contribution < -0.4 is 11.1 Å². The van der Waals surface area contributed by atoms with E-state index < -0.39 is 0 Å². The van der Waals surface area contributed by atoms with E-state index in [0.717, 1.165) is 37.5 Å². The lowest BCUT2D eigenvalue weighted by Gasteiger charge is -2.20. The van der Waals surface area contributed by atoms with Gasteiger partial charge in [0, 0.05) is 38.3 Å². The summed E-state index contributed by atoms with van der Waals surface area (Å²) < 4.78 is 5.34. The Morgan fingerprint density at radius 2 is 2.05 bits per heavy atom. The number of carbonyl (C=O) groups is 1. The van der Waals surface area contributed by atoms with Gasteiger partial charge in [-0.05, 0) is 25.1 Å². The minimum absolute atomic E-state index is 0.0192. The lowest BCUT2D eigenvalue weighted by atomic mass is 10.1. The van der Waals surface area contributed by atoms with Crippen LogP contribution in [0.5, 0.6) is 0 Å². The molecule has 5 heteroatoms. The van der Waals surface area contributed by atoms with E-state index in [9.17, 15) is 4.79 Å². The molecule has 0 radical (unpaired) electrons. The molecule has 5 nitrogen and oxygen atoms in total. The van der Waals surface area contributed by atoms with Crippen LogP contribution in [0.3, 0.4) is 0 Å². The maximum Gasteiger partial charge on any atom is 0.225 e. The van der Waals surface area contributed by atoms with Gasteiger partial charge in [-0.15, -0.1) is 0 Å². The van der Waals surface area contributed by atoms with Crippen LogP contribution in [0, 0.1) is 0 Å². The number of para-hydroxylation sites is 1. The molecule has 21 heavy (non-hydrogen) atoms. The van der Waals surface area contributed by atoms with Gasteiger partial charge < -0.3 is 20.7 Å². The van der Waals surface area contributed by atoms with Gasteiger partial charge >= 0.3 is 0 Å². The number of hydrogen-bond donors (Lipinski definition) is 2. The van der Waals surface area contributed by atoms with Crippen molar-refractivity contribution in [3.05, 3.63) is 29.8 Å². The third-order valence-electron chi connectivity index (χ3n) is 3.37. The van der Waals surface area contributed by atoms with Gasteiger partial charge in [0.15, 0.2) is 0 Å². The molecule has 3 N–H and O–H groups in total. The molecular weight excluding hydrogens is 266 g/mol. The lowest BCUT2D eigenvalue weighted by molar-refractivity contribution is -0.116. The summed E-state index contributed by atoms with van der Waals surface area (Å²) in [5, 5.41) is 2.93. The first-order valence-corrected chi connectivity index (χ1v) is 7.59. The number of carbonyl (C=O) groups excluding carboxylic acids is 1. The van der Waals surface area contributed by atoms with Crippen LogP contribution in [-0.4, -0.2) is 43.7 Å². The molecule has 0 spiro atoms. The van der Waals surface area contributed by atoms with E-state index >= 15 is 0 Å². The second-order valence-corrected chi connectivity index (χ2v) is 4.79. The zero-order chi connectivity index (χ0) is 15.5. The van der Waals surface area contributed by atoms with Crippen LogP contribution in [0.2, 0.25) is 0 Å². The minimum Gasteiger partial charge on any atom is -0.380 e. The number of nitrogens with two attached hydrogens (primary N) is 1. The fourth-order valence-corrected chi connectivity index (χ4v) is 2.06. The Morgan fingerprint density at radius 3 is 2.71 bits per heavy atom. The third kappa shape index (κ3) is 6.71. The summed E-state index contributed by atoms with van der Waals surface area (Å²) in [6.07, 6.45) is 0.471.